The Morgan fingerprint density at radius 1 is 1.25 bits per heavy atom. The van der Waals surface area contributed by atoms with Crippen LogP contribution >= 0.6 is 43.2 Å². The molecule has 1 atom stereocenters. The van der Waals surface area contributed by atoms with E-state index in [9.17, 15) is 0 Å². The highest BCUT2D eigenvalue weighted by Crippen LogP contribution is 2.29. The first kappa shape index (κ1) is 16.2. The van der Waals surface area contributed by atoms with E-state index < -0.39 is 0 Å². The molecule has 0 aliphatic heterocycles. The number of thiophene rings is 1. The fourth-order valence-electron chi connectivity index (χ4n) is 2.26. The highest BCUT2D eigenvalue weighted by atomic mass is 79.9. The van der Waals surface area contributed by atoms with Crippen LogP contribution in [-0.4, -0.2) is 18.0 Å². The number of hydrogen-bond donors (Lipinski definition) is 1. The molecule has 2 rings (SSSR count). The fourth-order valence-corrected chi connectivity index (χ4v) is 3.63. The standard InChI is InChI=1S/C15H18Br2N2S/c1-2-19(10-12-4-3-7-20-12)15(9-18)11-5-6-13(16)14(17)8-11/h3-8,15H,2,9-10,18H2,1H3. The SMILES string of the molecule is CCN(Cc1cccs1)C(CN)c1ccc(Br)c(Br)c1. The monoisotopic (exact) mass is 416 g/mol. The lowest BCUT2D eigenvalue weighted by Gasteiger charge is -2.30. The van der Waals surface area contributed by atoms with Crippen molar-refractivity contribution >= 4 is 43.2 Å². The molecule has 1 aromatic carbocycles. The molecule has 108 valence electrons. The average Bonchev–Trinajstić information content (AvgIpc) is 2.95. The molecule has 1 unspecified atom stereocenters. The van der Waals surface area contributed by atoms with Crippen molar-refractivity contribution in [1.29, 1.82) is 0 Å². The summed E-state index contributed by atoms with van der Waals surface area (Å²) in [5.41, 5.74) is 7.28. The summed E-state index contributed by atoms with van der Waals surface area (Å²) in [6.07, 6.45) is 0. The molecule has 0 fully saturated rings. The maximum absolute atomic E-state index is 6.03. The van der Waals surface area contributed by atoms with Gasteiger partial charge in [-0.1, -0.05) is 19.1 Å². The lowest BCUT2D eigenvalue weighted by molar-refractivity contribution is 0.205. The summed E-state index contributed by atoms with van der Waals surface area (Å²) >= 11 is 8.88. The molecule has 2 N–H and O–H groups in total. The van der Waals surface area contributed by atoms with Crippen LogP contribution in [-0.2, 0) is 6.54 Å². The van der Waals surface area contributed by atoms with Gasteiger partial charge in [0.25, 0.3) is 0 Å². The van der Waals surface area contributed by atoms with Crippen LogP contribution in [0.15, 0.2) is 44.7 Å². The van der Waals surface area contributed by atoms with Gasteiger partial charge in [-0.05, 0) is 67.5 Å². The van der Waals surface area contributed by atoms with Gasteiger partial charge in [-0.25, -0.2) is 0 Å². The Labute approximate surface area is 141 Å². The number of nitrogens with zero attached hydrogens (tertiary/aromatic N) is 1. The van der Waals surface area contributed by atoms with Crippen LogP contribution in [0.2, 0.25) is 0 Å². The Kier molecular flexibility index (Phi) is 6.23. The third-order valence-corrected chi connectivity index (χ3v) is 6.08. The van der Waals surface area contributed by atoms with Crippen LogP contribution in [0.3, 0.4) is 0 Å². The molecular formula is C15H18Br2N2S. The van der Waals surface area contributed by atoms with E-state index >= 15 is 0 Å². The second-order valence-electron chi connectivity index (χ2n) is 4.57. The van der Waals surface area contributed by atoms with E-state index in [0.717, 1.165) is 22.0 Å². The van der Waals surface area contributed by atoms with Crippen LogP contribution in [0.5, 0.6) is 0 Å². The average molecular weight is 418 g/mol. The predicted molar refractivity (Wildman–Crippen MR) is 94.0 cm³/mol. The van der Waals surface area contributed by atoms with Crippen LogP contribution < -0.4 is 5.73 Å². The van der Waals surface area contributed by atoms with E-state index in [1.807, 2.05) is 0 Å². The molecule has 0 spiro atoms. The van der Waals surface area contributed by atoms with E-state index in [0.29, 0.717) is 6.54 Å². The van der Waals surface area contributed by atoms with Gasteiger partial charge < -0.3 is 5.73 Å². The van der Waals surface area contributed by atoms with E-state index in [1.165, 1.54) is 10.4 Å². The summed E-state index contributed by atoms with van der Waals surface area (Å²) in [6.45, 7) is 4.73. The van der Waals surface area contributed by atoms with Crippen LogP contribution in [0, 0.1) is 0 Å². The first-order valence-corrected chi connectivity index (χ1v) is 9.03. The van der Waals surface area contributed by atoms with Crippen molar-refractivity contribution in [3.63, 3.8) is 0 Å². The Bertz CT molecular complexity index is 543. The maximum atomic E-state index is 6.03. The molecule has 0 saturated carbocycles. The third kappa shape index (κ3) is 3.92. The molecule has 1 heterocycles. The molecule has 0 radical (unpaired) electrons. The van der Waals surface area contributed by atoms with Crippen LogP contribution in [0.1, 0.15) is 23.4 Å². The number of benzene rings is 1. The van der Waals surface area contributed by atoms with Crippen molar-refractivity contribution < 1.29 is 0 Å². The Morgan fingerprint density at radius 3 is 2.60 bits per heavy atom. The first-order chi connectivity index (χ1) is 9.65. The molecular weight excluding hydrogens is 400 g/mol. The van der Waals surface area contributed by atoms with Crippen molar-refractivity contribution in [1.82, 2.24) is 4.90 Å². The second-order valence-corrected chi connectivity index (χ2v) is 7.31. The fraction of sp³-hybridized carbons (Fsp3) is 0.333. The molecule has 2 aromatic rings. The lowest BCUT2D eigenvalue weighted by Crippen LogP contribution is -2.33. The van der Waals surface area contributed by atoms with Crippen molar-refractivity contribution in [3.8, 4) is 0 Å². The lowest BCUT2D eigenvalue weighted by atomic mass is 10.1. The molecule has 0 aliphatic rings. The van der Waals surface area contributed by atoms with Crippen molar-refractivity contribution in [2.24, 2.45) is 5.73 Å². The molecule has 0 amide bonds. The van der Waals surface area contributed by atoms with Gasteiger partial charge in [0.15, 0.2) is 0 Å². The normalized spacial score (nSPS) is 12.8. The second kappa shape index (κ2) is 7.71. The van der Waals surface area contributed by atoms with Gasteiger partial charge in [0, 0.05) is 33.0 Å². The van der Waals surface area contributed by atoms with Gasteiger partial charge in [-0.15, -0.1) is 11.3 Å². The largest absolute Gasteiger partial charge is 0.329 e. The zero-order valence-corrected chi connectivity index (χ0v) is 15.3. The predicted octanol–water partition coefficient (Wildman–Crippen LogP) is 4.80. The van der Waals surface area contributed by atoms with Gasteiger partial charge in [-0.3, -0.25) is 4.90 Å². The Hall–Kier alpha value is -0.200. The van der Waals surface area contributed by atoms with Crippen molar-refractivity contribution in [2.75, 3.05) is 13.1 Å². The van der Waals surface area contributed by atoms with E-state index in [1.54, 1.807) is 11.3 Å². The molecule has 5 heteroatoms. The van der Waals surface area contributed by atoms with Gasteiger partial charge in [-0.2, -0.15) is 0 Å². The summed E-state index contributed by atoms with van der Waals surface area (Å²) < 4.78 is 2.14. The Balaban J connectivity index is 2.21. The minimum Gasteiger partial charge on any atom is -0.329 e. The number of likely N-dealkylation sites (N-methyl/N-ethyl adjacent to an activating group) is 1. The van der Waals surface area contributed by atoms with Crippen molar-refractivity contribution in [2.45, 2.75) is 19.5 Å². The highest BCUT2D eigenvalue weighted by molar-refractivity contribution is 9.13. The molecule has 20 heavy (non-hydrogen) atoms. The number of halogens is 2. The van der Waals surface area contributed by atoms with Crippen LogP contribution in [0.4, 0.5) is 0 Å². The Morgan fingerprint density at radius 2 is 2.05 bits per heavy atom. The molecule has 0 aliphatic carbocycles. The first-order valence-electron chi connectivity index (χ1n) is 6.57. The molecule has 2 nitrogen and oxygen atoms in total. The summed E-state index contributed by atoms with van der Waals surface area (Å²) in [4.78, 5) is 3.79. The smallest absolute Gasteiger partial charge is 0.0474 e. The number of hydrogen-bond acceptors (Lipinski definition) is 3. The topological polar surface area (TPSA) is 29.3 Å². The summed E-state index contributed by atoms with van der Waals surface area (Å²) in [5, 5.41) is 2.12. The van der Waals surface area contributed by atoms with E-state index in [-0.39, 0.29) is 6.04 Å². The van der Waals surface area contributed by atoms with Crippen molar-refractivity contribution in [3.05, 3.63) is 55.1 Å². The minimum atomic E-state index is 0.242. The summed E-state index contributed by atoms with van der Waals surface area (Å²) in [6, 6.07) is 10.9. The molecule has 0 saturated heterocycles. The number of rotatable bonds is 6. The third-order valence-electron chi connectivity index (χ3n) is 3.34. The quantitative estimate of drug-likeness (QED) is 0.731. The van der Waals surface area contributed by atoms with Gasteiger partial charge in [0.2, 0.25) is 0 Å². The van der Waals surface area contributed by atoms with Gasteiger partial charge >= 0.3 is 0 Å². The zero-order valence-electron chi connectivity index (χ0n) is 11.4. The molecule has 1 aromatic heterocycles. The zero-order chi connectivity index (χ0) is 14.5. The van der Waals surface area contributed by atoms with E-state index in [2.05, 4.69) is 79.4 Å². The van der Waals surface area contributed by atoms with Gasteiger partial charge in [0.05, 0.1) is 0 Å². The van der Waals surface area contributed by atoms with Crippen LogP contribution in [0.25, 0.3) is 0 Å². The van der Waals surface area contributed by atoms with E-state index in [4.69, 9.17) is 5.73 Å². The maximum Gasteiger partial charge on any atom is 0.0474 e. The number of nitrogens with two attached hydrogens (primary N) is 1. The van der Waals surface area contributed by atoms with Gasteiger partial charge in [0.1, 0.15) is 0 Å². The highest BCUT2D eigenvalue weighted by Gasteiger charge is 2.19. The summed E-state index contributed by atoms with van der Waals surface area (Å²) in [5.74, 6) is 0. The molecule has 0 bridgehead atoms. The minimum absolute atomic E-state index is 0.242. The summed E-state index contributed by atoms with van der Waals surface area (Å²) in [7, 11) is 0.